The Labute approximate surface area is 166 Å². The van der Waals surface area contributed by atoms with Crippen LogP contribution in [0.1, 0.15) is 23.8 Å². The maximum absolute atomic E-state index is 12.9. The second kappa shape index (κ2) is 8.79. The van der Waals surface area contributed by atoms with Crippen LogP contribution in [0.2, 0.25) is 0 Å². The standard InChI is InChI=1S/C20H22N4O3S/c1-2-15-10-16-19(28-15)22-13-24(20(16)27)12-18(26)23(9-8-17(21)25)11-14-6-4-3-5-7-14/h3-7,10,13H,2,8-9,11-12H2,1H3,(H2,21,25). The van der Waals surface area contributed by atoms with Crippen LogP contribution in [0.4, 0.5) is 0 Å². The molecule has 8 heteroatoms. The number of nitrogens with zero attached hydrogens (tertiary/aromatic N) is 3. The molecule has 0 atom stereocenters. The highest BCUT2D eigenvalue weighted by atomic mass is 32.1. The maximum Gasteiger partial charge on any atom is 0.262 e. The third-order valence-electron chi connectivity index (χ3n) is 4.42. The zero-order valence-electron chi connectivity index (χ0n) is 15.6. The Bertz CT molecular complexity index is 1040. The minimum atomic E-state index is -0.475. The normalized spacial score (nSPS) is 10.9. The summed E-state index contributed by atoms with van der Waals surface area (Å²) in [7, 11) is 0. The van der Waals surface area contributed by atoms with Crippen molar-refractivity contribution in [1.82, 2.24) is 14.5 Å². The predicted octanol–water partition coefficient (Wildman–Crippen LogP) is 1.92. The zero-order chi connectivity index (χ0) is 20.1. The Hall–Kier alpha value is -3.00. The number of rotatable bonds is 8. The van der Waals surface area contributed by atoms with Gasteiger partial charge in [-0.3, -0.25) is 19.0 Å². The third-order valence-corrected chi connectivity index (χ3v) is 5.61. The molecular formula is C20H22N4O3S. The lowest BCUT2D eigenvalue weighted by Gasteiger charge is -2.22. The Morgan fingerprint density at radius 3 is 2.68 bits per heavy atom. The second-order valence-electron chi connectivity index (χ2n) is 6.48. The van der Waals surface area contributed by atoms with Crippen molar-refractivity contribution in [3.63, 3.8) is 0 Å². The van der Waals surface area contributed by atoms with Crippen LogP contribution < -0.4 is 11.3 Å². The fourth-order valence-electron chi connectivity index (χ4n) is 2.88. The predicted molar refractivity (Wildman–Crippen MR) is 109 cm³/mol. The maximum atomic E-state index is 12.9. The monoisotopic (exact) mass is 398 g/mol. The lowest BCUT2D eigenvalue weighted by Crippen LogP contribution is -2.38. The number of primary amides is 1. The number of nitrogens with two attached hydrogens (primary N) is 1. The van der Waals surface area contributed by atoms with Gasteiger partial charge in [-0.05, 0) is 18.1 Å². The fourth-order valence-corrected chi connectivity index (χ4v) is 3.81. The third kappa shape index (κ3) is 4.64. The van der Waals surface area contributed by atoms with E-state index < -0.39 is 5.91 Å². The van der Waals surface area contributed by atoms with Crippen molar-refractivity contribution >= 4 is 33.4 Å². The number of hydrogen-bond acceptors (Lipinski definition) is 5. The van der Waals surface area contributed by atoms with Crippen LogP contribution in [-0.2, 0) is 29.1 Å². The van der Waals surface area contributed by atoms with Gasteiger partial charge in [0.2, 0.25) is 11.8 Å². The van der Waals surface area contributed by atoms with Crippen molar-refractivity contribution in [2.75, 3.05) is 6.54 Å². The number of fused-ring (bicyclic) bond motifs is 1. The Balaban J connectivity index is 1.82. The first-order chi connectivity index (χ1) is 13.5. The molecule has 0 radical (unpaired) electrons. The van der Waals surface area contributed by atoms with Gasteiger partial charge in [-0.15, -0.1) is 11.3 Å². The molecule has 3 rings (SSSR count). The molecular weight excluding hydrogens is 376 g/mol. The number of hydrogen-bond donors (Lipinski definition) is 1. The van der Waals surface area contributed by atoms with Crippen LogP contribution in [0.25, 0.3) is 10.2 Å². The topological polar surface area (TPSA) is 98.3 Å². The molecule has 2 aromatic heterocycles. The number of carbonyl (C=O) groups is 2. The summed E-state index contributed by atoms with van der Waals surface area (Å²) in [5, 5.41) is 0.531. The molecule has 1 aromatic carbocycles. The van der Waals surface area contributed by atoms with E-state index in [1.807, 2.05) is 43.3 Å². The van der Waals surface area contributed by atoms with Crippen LogP contribution in [0.15, 0.2) is 47.5 Å². The van der Waals surface area contributed by atoms with Crippen LogP contribution in [0.3, 0.4) is 0 Å². The summed E-state index contributed by atoms with van der Waals surface area (Å²) in [6.45, 7) is 2.43. The zero-order valence-corrected chi connectivity index (χ0v) is 16.4. The van der Waals surface area contributed by atoms with Crippen molar-refractivity contribution in [2.45, 2.75) is 32.9 Å². The molecule has 3 aromatic rings. The summed E-state index contributed by atoms with van der Waals surface area (Å²) in [4.78, 5) is 44.4. The molecule has 0 fully saturated rings. The summed E-state index contributed by atoms with van der Waals surface area (Å²) in [6.07, 6.45) is 2.31. The van der Waals surface area contributed by atoms with E-state index in [0.717, 1.165) is 16.9 Å². The van der Waals surface area contributed by atoms with E-state index in [1.165, 1.54) is 22.2 Å². The van der Waals surface area contributed by atoms with Gasteiger partial charge in [-0.2, -0.15) is 0 Å². The van der Waals surface area contributed by atoms with E-state index in [2.05, 4.69) is 4.98 Å². The molecule has 0 saturated heterocycles. The molecule has 2 amide bonds. The second-order valence-corrected chi connectivity index (χ2v) is 7.60. The van der Waals surface area contributed by atoms with Gasteiger partial charge >= 0.3 is 0 Å². The SMILES string of the molecule is CCc1cc2c(=O)n(CC(=O)N(CCC(N)=O)Cc3ccccc3)cnc2s1. The minimum Gasteiger partial charge on any atom is -0.370 e. The molecule has 2 heterocycles. The van der Waals surface area contributed by atoms with Crippen LogP contribution in [0.5, 0.6) is 0 Å². The van der Waals surface area contributed by atoms with Crippen molar-refractivity contribution in [1.29, 1.82) is 0 Å². The Morgan fingerprint density at radius 1 is 1.25 bits per heavy atom. The quantitative estimate of drug-likeness (QED) is 0.627. The number of aryl methyl sites for hydroxylation is 1. The van der Waals surface area contributed by atoms with Gasteiger partial charge in [0, 0.05) is 24.4 Å². The molecule has 0 saturated carbocycles. The van der Waals surface area contributed by atoms with Gasteiger partial charge < -0.3 is 10.6 Å². The fraction of sp³-hybridized carbons (Fsp3) is 0.300. The Morgan fingerprint density at radius 2 is 2.00 bits per heavy atom. The van der Waals surface area contributed by atoms with Crippen molar-refractivity contribution in [3.8, 4) is 0 Å². The van der Waals surface area contributed by atoms with Crippen molar-refractivity contribution in [3.05, 3.63) is 63.5 Å². The smallest absolute Gasteiger partial charge is 0.262 e. The van der Waals surface area contributed by atoms with E-state index >= 15 is 0 Å². The van der Waals surface area contributed by atoms with Crippen molar-refractivity contribution < 1.29 is 9.59 Å². The molecule has 2 N–H and O–H groups in total. The van der Waals surface area contributed by atoms with Gasteiger partial charge in [-0.1, -0.05) is 37.3 Å². The highest BCUT2D eigenvalue weighted by Gasteiger charge is 2.17. The highest BCUT2D eigenvalue weighted by Crippen LogP contribution is 2.21. The number of aromatic nitrogens is 2. The van der Waals surface area contributed by atoms with Gasteiger partial charge in [0.05, 0.1) is 11.7 Å². The molecule has 0 aliphatic carbocycles. The molecule has 146 valence electrons. The number of carbonyl (C=O) groups excluding carboxylic acids is 2. The number of benzene rings is 1. The number of amides is 2. The van der Waals surface area contributed by atoms with E-state index in [-0.39, 0.29) is 31.0 Å². The first-order valence-electron chi connectivity index (χ1n) is 9.05. The number of thiophene rings is 1. The highest BCUT2D eigenvalue weighted by molar-refractivity contribution is 7.18. The summed E-state index contributed by atoms with van der Waals surface area (Å²) >= 11 is 1.49. The molecule has 0 aliphatic rings. The van der Waals surface area contributed by atoms with Crippen molar-refractivity contribution in [2.24, 2.45) is 5.73 Å². The molecule has 0 aliphatic heterocycles. The Kier molecular flexibility index (Phi) is 6.20. The lowest BCUT2D eigenvalue weighted by atomic mass is 10.2. The first kappa shape index (κ1) is 19.8. The van der Waals surface area contributed by atoms with E-state index in [0.29, 0.717) is 16.8 Å². The van der Waals surface area contributed by atoms with E-state index in [4.69, 9.17) is 5.73 Å². The van der Waals surface area contributed by atoms with Crippen LogP contribution in [0, 0.1) is 0 Å². The molecule has 0 bridgehead atoms. The van der Waals surface area contributed by atoms with Gasteiger partial charge in [0.15, 0.2) is 0 Å². The van der Waals surface area contributed by atoms with Crippen LogP contribution in [-0.4, -0.2) is 32.8 Å². The van der Waals surface area contributed by atoms with E-state index in [9.17, 15) is 14.4 Å². The summed E-state index contributed by atoms with van der Waals surface area (Å²) in [6, 6.07) is 11.3. The molecule has 0 unspecified atom stereocenters. The minimum absolute atomic E-state index is 0.0646. The van der Waals surface area contributed by atoms with Crippen LogP contribution >= 0.6 is 11.3 Å². The lowest BCUT2D eigenvalue weighted by molar-refractivity contribution is -0.133. The molecule has 7 nitrogen and oxygen atoms in total. The average Bonchev–Trinajstić information content (AvgIpc) is 3.12. The summed E-state index contributed by atoms with van der Waals surface area (Å²) in [5.41, 5.74) is 5.95. The first-order valence-corrected chi connectivity index (χ1v) is 9.87. The summed E-state index contributed by atoms with van der Waals surface area (Å²) in [5.74, 6) is -0.740. The largest absolute Gasteiger partial charge is 0.370 e. The molecule has 28 heavy (non-hydrogen) atoms. The van der Waals surface area contributed by atoms with Gasteiger partial charge in [-0.25, -0.2) is 4.98 Å². The van der Waals surface area contributed by atoms with Gasteiger partial charge in [0.25, 0.3) is 5.56 Å². The van der Waals surface area contributed by atoms with Gasteiger partial charge in [0.1, 0.15) is 11.4 Å². The van der Waals surface area contributed by atoms with E-state index in [1.54, 1.807) is 4.90 Å². The molecule has 0 spiro atoms. The summed E-state index contributed by atoms with van der Waals surface area (Å²) < 4.78 is 1.32. The average molecular weight is 398 g/mol.